The van der Waals surface area contributed by atoms with Gasteiger partial charge in [0.05, 0.1) is 12.1 Å². The van der Waals surface area contributed by atoms with Crippen molar-refractivity contribution in [2.75, 3.05) is 0 Å². The average molecular weight is 211 g/mol. The molecule has 1 heterocycles. The lowest BCUT2D eigenvalue weighted by atomic mass is 10.2. The number of rotatable bonds is 5. The highest BCUT2D eigenvalue weighted by Gasteiger charge is 2.10. The molecule has 0 aliphatic rings. The monoisotopic (exact) mass is 211 g/mol. The van der Waals surface area contributed by atoms with Gasteiger partial charge in [0.2, 0.25) is 0 Å². The Morgan fingerprint density at radius 3 is 2.80 bits per heavy atom. The topological polar surface area (TPSA) is 39.1 Å². The molecule has 0 radical (unpaired) electrons. The highest BCUT2D eigenvalue weighted by molar-refractivity contribution is 4.91. The molecule has 1 rings (SSSR count). The number of imidazole rings is 1. The van der Waals surface area contributed by atoms with E-state index in [4.69, 9.17) is 4.84 Å². The van der Waals surface area contributed by atoms with E-state index in [1.54, 1.807) is 0 Å². The van der Waals surface area contributed by atoms with Gasteiger partial charge in [0.1, 0.15) is 5.82 Å². The van der Waals surface area contributed by atoms with Crippen LogP contribution in [0, 0.1) is 0 Å². The molecule has 0 aliphatic carbocycles. The van der Waals surface area contributed by atoms with Crippen molar-refractivity contribution in [2.24, 2.45) is 0 Å². The second-order valence-corrected chi connectivity index (χ2v) is 4.57. The van der Waals surface area contributed by atoms with Crippen LogP contribution in [0.3, 0.4) is 0 Å². The lowest BCUT2D eigenvalue weighted by Gasteiger charge is -2.19. The summed E-state index contributed by atoms with van der Waals surface area (Å²) in [6.45, 7) is 9.84. The first-order valence-corrected chi connectivity index (χ1v) is 5.44. The largest absolute Gasteiger partial charge is 0.334 e. The SMILES string of the molecule is CCCn1ccnc1CNOC(C)(C)C. The van der Waals surface area contributed by atoms with Gasteiger partial charge in [-0.3, -0.25) is 4.84 Å². The minimum Gasteiger partial charge on any atom is -0.334 e. The first-order chi connectivity index (χ1) is 7.03. The number of aryl methyl sites for hydroxylation is 1. The number of hydrogen-bond acceptors (Lipinski definition) is 3. The Morgan fingerprint density at radius 2 is 2.20 bits per heavy atom. The Kier molecular flexibility index (Phi) is 4.29. The van der Waals surface area contributed by atoms with Crippen molar-refractivity contribution in [1.29, 1.82) is 0 Å². The molecule has 4 nitrogen and oxygen atoms in total. The van der Waals surface area contributed by atoms with Crippen LogP contribution in [-0.2, 0) is 17.9 Å². The van der Waals surface area contributed by atoms with Crippen LogP contribution in [0.1, 0.15) is 39.9 Å². The van der Waals surface area contributed by atoms with Crippen molar-refractivity contribution in [2.45, 2.75) is 52.8 Å². The maximum Gasteiger partial charge on any atom is 0.125 e. The van der Waals surface area contributed by atoms with Crippen LogP contribution in [0.2, 0.25) is 0 Å². The minimum atomic E-state index is -0.165. The molecule has 0 fully saturated rings. The van der Waals surface area contributed by atoms with Gasteiger partial charge in [-0.25, -0.2) is 4.98 Å². The first-order valence-electron chi connectivity index (χ1n) is 5.44. The Morgan fingerprint density at radius 1 is 1.47 bits per heavy atom. The molecule has 0 saturated heterocycles. The van der Waals surface area contributed by atoms with Crippen LogP contribution in [-0.4, -0.2) is 15.2 Å². The van der Waals surface area contributed by atoms with Gasteiger partial charge in [0, 0.05) is 18.9 Å². The molecule has 0 unspecified atom stereocenters. The van der Waals surface area contributed by atoms with Crippen LogP contribution >= 0.6 is 0 Å². The van der Waals surface area contributed by atoms with Crippen molar-refractivity contribution in [1.82, 2.24) is 15.0 Å². The van der Waals surface area contributed by atoms with E-state index in [9.17, 15) is 0 Å². The molecule has 0 saturated carbocycles. The van der Waals surface area contributed by atoms with E-state index in [2.05, 4.69) is 22.0 Å². The van der Waals surface area contributed by atoms with Crippen molar-refractivity contribution in [3.05, 3.63) is 18.2 Å². The van der Waals surface area contributed by atoms with E-state index in [-0.39, 0.29) is 5.60 Å². The summed E-state index contributed by atoms with van der Waals surface area (Å²) in [6, 6.07) is 0. The molecule has 4 heteroatoms. The summed E-state index contributed by atoms with van der Waals surface area (Å²) in [5.41, 5.74) is 2.78. The fourth-order valence-electron chi connectivity index (χ4n) is 1.27. The summed E-state index contributed by atoms with van der Waals surface area (Å²) < 4.78 is 2.14. The number of aromatic nitrogens is 2. The van der Waals surface area contributed by atoms with E-state index < -0.39 is 0 Å². The van der Waals surface area contributed by atoms with Crippen molar-refractivity contribution >= 4 is 0 Å². The molecule has 0 amide bonds. The third kappa shape index (κ3) is 4.44. The second kappa shape index (κ2) is 5.28. The number of nitrogens with zero attached hydrogens (tertiary/aromatic N) is 2. The maximum absolute atomic E-state index is 5.43. The van der Waals surface area contributed by atoms with E-state index in [1.807, 2.05) is 33.2 Å². The molecular formula is C11H21N3O. The van der Waals surface area contributed by atoms with Gasteiger partial charge in [-0.1, -0.05) is 6.92 Å². The van der Waals surface area contributed by atoms with Crippen molar-refractivity contribution in [3.63, 3.8) is 0 Å². The van der Waals surface area contributed by atoms with Crippen LogP contribution in [0.15, 0.2) is 12.4 Å². The predicted molar refractivity (Wildman–Crippen MR) is 60.2 cm³/mol. The zero-order valence-corrected chi connectivity index (χ0v) is 10.1. The number of hydroxylamine groups is 1. The average Bonchev–Trinajstić information content (AvgIpc) is 2.51. The van der Waals surface area contributed by atoms with Crippen LogP contribution in [0.5, 0.6) is 0 Å². The summed E-state index contributed by atoms with van der Waals surface area (Å²) in [5.74, 6) is 1.01. The summed E-state index contributed by atoms with van der Waals surface area (Å²) in [5, 5.41) is 0. The predicted octanol–water partition coefficient (Wildman–Crippen LogP) is 2.11. The first kappa shape index (κ1) is 12.2. The molecular weight excluding hydrogens is 190 g/mol. The molecule has 0 spiro atoms. The molecule has 15 heavy (non-hydrogen) atoms. The van der Waals surface area contributed by atoms with Gasteiger partial charge in [-0.15, -0.1) is 0 Å². The molecule has 1 N–H and O–H groups in total. The molecule has 1 aromatic rings. The smallest absolute Gasteiger partial charge is 0.125 e. The summed E-state index contributed by atoms with van der Waals surface area (Å²) in [6.07, 6.45) is 4.94. The molecule has 0 aromatic carbocycles. The normalized spacial score (nSPS) is 12.0. The Balaban J connectivity index is 2.40. The van der Waals surface area contributed by atoms with E-state index >= 15 is 0 Å². The number of hydrogen-bond donors (Lipinski definition) is 1. The molecule has 0 atom stereocenters. The Hall–Kier alpha value is -0.870. The van der Waals surface area contributed by atoms with Gasteiger partial charge < -0.3 is 4.57 Å². The standard InChI is InChI=1S/C11H21N3O/c1-5-7-14-8-6-12-10(14)9-13-15-11(2,3)4/h6,8,13H,5,7,9H2,1-4H3. The van der Waals surface area contributed by atoms with Gasteiger partial charge >= 0.3 is 0 Å². The second-order valence-electron chi connectivity index (χ2n) is 4.57. The summed E-state index contributed by atoms with van der Waals surface area (Å²) in [7, 11) is 0. The lowest BCUT2D eigenvalue weighted by molar-refractivity contribution is -0.0768. The van der Waals surface area contributed by atoms with E-state index in [0.717, 1.165) is 18.8 Å². The molecule has 0 bridgehead atoms. The minimum absolute atomic E-state index is 0.165. The molecule has 86 valence electrons. The van der Waals surface area contributed by atoms with Crippen molar-refractivity contribution in [3.8, 4) is 0 Å². The van der Waals surface area contributed by atoms with Gasteiger partial charge in [-0.2, -0.15) is 5.48 Å². The van der Waals surface area contributed by atoms with E-state index in [1.165, 1.54) is 0 Å². The molecule has 0 aliphatic heterocycles. The van der Waals surface area contributed by atoms with Crippen molar-refractivity contribution < 1.29 is 4.84 Å². The highest BCUT2D eigenvalue weighted by Crippen LogP contribution is 2.05. The van der Waals surface area contributed by atoms with Crippen LogP contribution in [0.4, 0.5) is 0 Å². The van der Waals surface area contributed by atoms with Crippen LogP contribution < -0.4 is 5.48 Å². The van der Waals surface area contributed by atoms with Gasteiger partial charge in [0.25, 0.3) is 0 Å². The maximum atomic E-state index is 5.43. The zero-order valence-electron chi connectivity index (χ0n) is 10.1. The molecule has 1 aromatic heterocycles. The fraction of sp³-hybridized carbons (Fsp3) is 0.727. The summed E-state index contributed by atoms with van der Waals surface area (Å²) in [4.78, 5) is 9.71. The number of nitrogens with one attached hydrogen (secondary N) is 1. The lowest BCUT2D eigenvalue weighted by Crippen LogP contribution is -2.29. The van der Waals surface area contributed by atoms with E-state index in [0.29, 0.717) is 6.54 Å². The fourth-order valence-corrected chi connectivity index (χ4v) is 1.27. The quantitative estimate of drug-likeness (QED) is 0.758. The third-order valence-electron chi connectivity index (χ3n) is 1.87. The van der Waals surface area contributed by atoms with Gasteiger partial charge in [-0.05, 0) is 27.2 Å². The Labute approximate surface area is 91.6 Å². The summed E-state index contributed by atoms with van der Waals surface area (Å²) >= 11 is 0. The zero-order chi connectivity index (χ0) is 11.3. The van der Waals surface area contributed by atoms with Crippen LogP contribution in [0.25, 0.3) is 0 Å². The Bertz CT molecular complexity index is 288. The third-order valence-corrected chi connectivity index (χ3v) is 1.87. The highest BCUT2D eigenvalue weighted by atomic mass is 16.7. The van der Waals surface area contributed by atoms with Gasteiger partial charge in [0.15, 0.2) is 0 Å².